The van der Waals surface area contributed by atoms with Crippen LogP contribution in [0.3, 0.4) is 0 Å². The maximum atomic E-state index is 13.1. The van der Waals surface area contributed by atoms with Gasteiger partial charge in [-0.1, -0.05) is 13.8 Å². The van der Waals surface area contributed by atoms with Gasteiger partial charge in [-0.25, -0.2) is 0 Å². The standard InChI is InChI=1S/C10H14F3N3O/c1-3-16(4-2)5-6-17-9-7(11)8(12)14-10(13)15-9/h3-6H2,1-2H3. The molecule has 0 saturated heterocycles. The van der Waals surface area contributed by atoms with Crippen LogP contribution in [0.5, 0.6) is 5.88 Å². The number of halogens is 3. The highest BCUT2D eigenvalue weighted by Crippen LogP contribution is 2.15. The lowest BCUT2D eigenvalue weighted by Crippen LogP contribution is -2.28. The van der Waals surface area contributed by atoms with E-state index < -0.39 is 23.7 Å². The summed E-state index contributed by atoms with van der Waals surface area (Å²) in [7, 11) is 0. The van der Waals surface area contributed by atoms with Gasteiger partial charge in [0, 0.05) is 6.54 Å². The normalized spacial score (nSPS) is 10.9. The molecule has 17 heavy (non-hydrogen) atoms. The van der Waals surface area contributed by atoms with Gasteiger partial charge in [-0.2, -0.15) is 23.1 Å². The molecule has 0 bridgehead atoms. The minimum Gasteiger partial charge on any atom is -0.474 e. The molecule has 1 rings (SSSR count). The topological polar surface area (TPSA) is 38.2 Å². The molecule has 1 aromatic heterocycles. The van der Waals surface area contributed by atoms with E-state index in [1.54, 1.807) is 0 Å². The Morgan fingerprint density at radius 3 is 2.35 bits per heavy atom. The predicted octanol–water partition coefficient (Wildman–Crippen LogP) is 1.61. The van der Waals surface area contributed by atoms with Gasteiger partial charge in [-0.3, -0.25) is 0 Å². The fourth-order valence-electron chi connectivity index (χ4n) is 1.28. The Hall–Kier alpha value is -1.37. The van der Waals surface area contributed by atoms with Gasteiger partial charge in [-0.15, -0.1) is 0 Å². The smallest absolute Gasteiger partial charge is 0.314 e. The number of nitrogens with zero attached hydrogens (tertiary/aromatic N) is 3. The molecule has 96 valence electrons. The van der Waals surface area contributed by atoms with Crippen molar-refractivity contribution >= 4 is 0 Å². The van der Waals surface area contributed by atoms with Gasteiger partial charge in [0.15, 0.2) is 0 Å². The number of aromatic nitrogens is 2. The van der Waals surface area contributed by atoms with Crippen LogP contribution in [-0.2, 0) is 0 Å². The fourth-order valence-corrected chi connectivity index (χ4v) is 1.28. The lowest BCUT2D eigenvalue weighted by atomic mass is 10.5. The van der Waals surface area contributed by atoms with Crippen molar-refractivity contribution in [2.45, 2.75) is 13.8 Å². The lowest BCUT2D eigenvalue weighted by molar-refractivity contribution is 0.205. The zero-order valence-electron chi connectivity index (χ0n) is 9.71. The first kappa shape index (κ1) is 13.7. The van der Waals surface area contributed by atoms with Crippen LogP contribution < -0.4 is 4.74 Å². The molecule has 0 radical (unpaired) electrons. The maximum absolute atomic E-state index is 13.1. The van der Waals surface area contributed by atoms with Crippen LogP contribution in [0.4, 0.5) is 13.2 Å². The molecule has 0 unspecified atom stereocenters. The highest BCUT2D eigenvalue weighted by Gasteiger charge is 2.15. The van der Waals surface area contributed by atoms with Crippen molar-refractivity contribution in [3.05, 3.63) is 17.8 Å². The first-order valence-corrected chi connectivity index (χ1v) is 5.32. The third-order valence-corrected chi connectivity index (χ3v) is 2.29. The average molecular weight is 249 g/mol. The molecule has 0 saturated carbocycles. The van der Waals surface area contributed by atoms with E-state index in [4.69, 9.17) is 4.74 Å². The molecule has 0 aliphatic carbocycles. The molecule has 0 aromatic carbocycles. The summed E-state index contributed by atoms with van der Waals surface area (Å²) >= 11 is 0. The summed E-state index contributed by atoms with van der Waals surface area (Å²) in [5.41, 5.74) is 0. The second kappa shape index (κ2) is 6.39. The molecule has 4 nitrogen and oxygen atoms in total. The van der Waals surface area contributed by atoms with E-state index in [-0.39, 0.29) is 6.61 Å². The van der Waals surface area contributed by atoms with Crippen LogP contribution in [-0.4, -0.2) is 41.1 Å². The summed E-state index contributed by atoms with van der Waals surface area (Å²) < 4.78 is 43.3. The summed E-state index contributed by atoms with van der Waals surface area (Å²) in [5.74, 6) is -3.61. The Balaban J connectivity index is 2.57. The highest BCUT2D eigenvalue weighted by molar-refractivity contribution is 5.10. The summed E-state index contributed by atoms with van der Waals surface area (Å²) in [5, 5.41) is 0. The van der Waals surface area contributed by atoms with Gasteiger partial charge >= 0.3 is 6.08 Å². The molecule has 0 amide bonds. The van der Waals surface area contributed by atoms with E-state index in [0.29, 0.717) is 6.54 Å². The van der Waals surface area contributed by atoms with Crippen molar-refractivity contribution < 1.29 is 17.9 Å². The fraction of sp³-hybridized carbons (Fsp3) is 0.600. The van der Waals surface area contributed by atoms with Crippen molar-refractivity contribution in [1.82, 2.24) is 14.9 Å². The predicted molar refractivity (Wildman–Crippen MR) is 55.2 cm³/mol. The summed E-state index contributed by atoms with van der Waals surface area (Å²) in [6.07, 6.45) is -1.35. The van der Waals surface area contributed by atoms with Gasteiger partial charge in [0.05, 0.1) is 0 Å². The van der Waals surface area contributed by atoms with Gasteiger partial charge < -0.3 is 9.64 Å². The zero-order valence-corrected chi connectivity index (χ0v) is 9.71. The van der Waals surface area contributed by atoms with Crippen LogP contribution in [0.25, 0.3) is 0 Å². The van der Waals surface area contributed by atoms with Crippen molar-refractivity contribution in [2.24, 2.45) is 0 Å². The molecule has 0 aliphatic heterocycles. The van der Waals surface area contributed by atoms with Gasteiger partial charge in [0.1, 0.15) is 6.61 Å². The average Bonchev–Trinajstić information content (AvgIpc) is 2.30. The minimum absolute atomic E-state index is 0.106. The van der Waals surface area contributed by atoms with Gasteiger partial charge in [-0.05, 0) is 13.1 Å². The van der Waals surface area contributed by atoms with Crippen LogP contribution in [0, 0.1) is 17.8 Å². The van der Waals surface area contributed by atoms with Crippen LogP contribution in [0.2, 0.25) is 0 Å². The van der Waals surface area contributed by atoms with Gasteiger partial charge in [0.2, 0.25) is 5.82 Å². The summed E-state index contributed by atoms with van der Waals surface area (Å²) in [6.45, 7) is 6.19. The second-order valence-corrected chi connectivity index (χ2v) is 3.28. The molecule has 0 atom stereocenters. The number of rotatable bonds is 6. The first-order chi connectivity index (χ1) is 8.08. The Labute approximate surface area is 97.4 Å². The third kappa shape index (κ3) is 3.85. The van der Waals surface area contributed by atoms with Crippen LogP contribution in [0.15, 0.2) is 0 Å². The Kier molecular flexibility index (Phi) is 5.14. The zero-order chi connectivity index (χ0) is 12.8. The van der Waals surface area contributed by atoms with Crippen LogP contribution >= 0.6 is 0 Å². The van der Waals surface area contributed by atoms with E-state index in [9.17, 15) is 13.2 Å². The third-order valence-electron chi connectivity index (χ3n) is 2.29. The molecule has 0 aliphatic rings. The van der Waals surface area contributed by atoms with E-state index in [1.165, 1.54) is 0 Å². The Morgan fingerprint density at radius 1 is 1.12 bits per heavy atom. The van der Waals surface area contributed by atoms with Gasteiger partial charge in [0.25, 0.3) is 11.8 Å². The van der Waals surface area contributed by atoms with Crippen molar-refractivity contribution in [3.63, 3.8) is 0 Å². The quantitative estimate of drug-likeness (QED) is 0.567. The number of hydrogen-bond donors (Lipinski definition) is 0. The summed E-state index contributed by atoms with van der Waals surface area (Å²) in [6, 6.07) is 0. The molecule has 0 N–H and O–H groups in total. The summed E-state index contributed by atoms with van der Waals surface area (Å²) in [4.78, 5) is 7.67. The Bertz CT molecular complexity index is 372. The first-order valence-electron chi connectivity index (χ1n) is 5.32. The molecule has 0 spiro atoms. The van der Waals surface area contributed by atoms with Crippen LogP contribution in [0.1, 0.15) is 13.8 Å². The SMILES string of the molecule is CCN(CC)CCOc1nc(F)nc(F)c1F. The van der Waals surface area contributed by atoms with E-state index in [2.05, 4.69) is 9.97 Å². The molecular weight excluding hydrogens is 235 g/mol. The molecule has 7 heteroatoms. The monoisotopic (exact) mass is 249 g/mol. The largest absolute Gasteiger partial charge is 0.474 e. The van der Waals surface area contributed by atoms with E-state index in [0.717, 1.165) is 13.1 Å². The number of hydrogen-bond acceptors (Lipinski definition) is 4. The molecule has 1 aromatic rings. The highest BCUT2D eigenvalue weighted by atomic mass is 19.2. The van der Waals surface area contributed by atoms with E-state index >= 15 is 0 Å². The number of likely N-dealkylation sites (N-methyl/N-ethyl adjacent to an activating group) is 1. The molecule has 0 fully saturated rings. The molecular formula is C10H14F3N3O. The number of ether oxygens (including phenoxy) is 1. The lowest BCUT2D eigenvalue weighted by Gasteiger charge is -2.17. The Morgan fingerprint density at radius 2 is 1.76 bits per heavy atom. The van der Waals surface area contributed by atoms with Crippen molar-refractivity contribution in [2.75, 3.05) is 26.2 Å². The van der Waals surface area contributed by atoms with Crippen molar-refractivity contribution in [1.29, 1.82) is 0 Å². The molecule has 1 heterocycles. The van der Waals surface area contributed by atoms with E-state index in [1.807, 2.05) is 18.7 Å². The minimum atomic E-state index is -1.55. The second-order valence-electron chi connectivity index (χ2n) is 3.28. The maximum Gasteiger partial charge on any atom is 0.314 e. The van der Waals surface area contributed by atoms with Crippen molar-refractivity contribution in [3.8, 4) is 5.88 Å².